The van der Waals surface area contributed by atoms with E-state index in [4.69, 9.17) is 0 Å². The molecule has 4 heteroatoms. The van der Waals surface area contributed by atoms with Gasteiger partial charge < -0.3 is 5.32 Å². The number of halogens is 2. The van der Waals surface area contributed by atoms with Crippen molar-refractivity contribution < 1.29 is 8.78 Å². The van der Waals surface area contributed by atoms with Gasteiger partial charge in [0.25, 0.3) is 0 Å². The highest BCUT2D eigenvalue weighted by atomic mass is 19.2. The SMILES string of the molecule is CCC1CN(Cc2ccc(F)c(F)c2)C(CC(C)C)CN1. The molecule has 1 N–H and O–H groups in total. The Kier molecular flexibility index (Phi) is 5.71. The molecule has 0 amide bonds. The molecule has 2 nitrogen and oxygen atoms in total. The van der Waals surface area contributed by atoms with Gasteiger partial charge >= 0.3 is 0 Å². The van der Waals surface area contributed by atoms with Gasteiger partial charge in [0.15, 0.2) is 11.6 Å². The average molecular weight is 296 g/mol. The Morgan fingerprint density at radius 3 is 2.67 bits per heavy atom. The van der Waals surface area contributed by atoms with Crippen molar-refractivity contribution in [3.05, 3.63) is 35.4 Å². The monoisotopic (exact) mass is 296 g/mol. The first-order valence-electron chi connectivity index (χ1n) is 7.91. The predicted octanol–water partition coefficient (Wildman–Crippen LogP) is 3.56. The van der Waals surface area contributed by atoms with Crippen LogP contribution in [-0.2, 0) is 6.54 Å². The first-order valence-corrected chi connectivity index (χ1v) is 7.91. The zero-order valence-electron chi connectivity index (χ0n) is 13.2. The van der Waals surface area contributed by atoms with Gasteiger partial charge in [-0.25, -0.2) is 8.78 Å². The van der Waals surface area contributed by atoms with Gasteiger partial charge in [-0.1, -0.05) is 26.8 Å². The number of nitrogens with zero attached hydrogens (tertiary/aromatic N) is 1. The maximum atomic E-state index is 13.4. The van der Waals surface area contributed by atoms with Crippen LogP contribution in [0.3, 0.4) is 0 Å². The van der Waals surface area contributed by atoms with E-state index in [1.807, 2.05) is 0 Å². The lowest BCUT2D eigenvalue weighted by Gasteiger charge is -2.41. The molecule has 1 aliphatic rings. The summed E-state index contributed by atoms with van der Waals surface area (Å²) in [6, 6.07) is 5.18. The fraction of sp³-hybridized carbons (Fsp3) is 0.647. The predicted molar refractivity (Wildman–Crippen MR) is 82.1 cm³/mol. The molecule has 0 bridgehead atoms. The molecule has 0 saturated carbocycles. The fourth-order valence-electron chi connectivity index (χ4n) is 3.04. The molecule has 1 aromatic rings. The van der Waals surface area contributed by atoms with Crippen LogP contribution in [0.25, 0.3) is 0 Å². The van der Waals surface area contributed by atoms with Gasteiger partial charge in [0.1, 0.15) is 0 Å². The summed E-state index contributed by atoms with van der Waals surface area (Å²) in [7, 11) is 0. The molecule has 0 aromatic heterocycles. The van der Waals surface area contributed by atoms with E-state index in [2.05, 4.69) is 31.0 Å². The van der Waals surface area contributed by atoms with E-state index in [-0.39, 0.29) is 0 Å². The van der Waals surface area contributed by atoms with E-state index >= 15 is 0 Å². The first-order chi connectivity index (χ1) is 9.99. The van der Waals surface area contributed by atoms with E-state index in [1.165, 1.54) is 12.1 Å². The second-order valence-electron chi connectivity index (χ2n) is 6.47. The molecule has 2 atom stereocenters. The third-order valence-corrected chi connectivity index (χ3v) is 4.22. The van der Waals surface area contributed by atoms with Crippen LogP contribution in [0.4, 0.5) is 8.78 Å². The Bertz CT molecular complexity index is 462. The van der Waals surface area contributed by atoms with Gasteiger partial charge in [0.2, 0.25) is 0 Å². The quantitative estimate of drug-likeness (QED) is 0.893. The van der Waals surface area contributed by atoms with Crippen molar-refractivity contribution in [3.8, 4) is 0 Å². The van der Waals surface area contributed by atoms with Crippen LogP contribution in [0.2, 0.25) is 0 Å². The van der Waals surface area contributed by atoms with E-state index in [1.54, 1.807) is 6.07 Å². The number of nitrogens with one attached hydrogen (secondary N) is 1. The molecule has 118 valence electrons. The Labute approximate surface area is 126 Å². The highest BCUT2D eigenvalue weighted by molar-refractivity contribution is 5.18. The highest BCUT2D eigenvalue weighted by Crippen LogP contribution is 2.20. The van der Waals surface area contributed by atoms with Gasteiger partial charge in [-0.2, -0.15) is 0 Å². The lowest BCUT2D eigenvalue weighted by molar-refractivity contribution is 0.105. The number of rotatable bonds is 5. The Balaban J connectivity index is 2.09. The number of hydrogen-bond acceptors (Lipinski definition) is 2. The molecule has 2 unspecified atom stereocenters. The zero-order valence-corrected chi connectivity index (χ0v) is 13.2. The maximum Gasteiger partial charge on any atom is 0.159 e. The van der Waals surface area contributed by atoms with Crippen LogP contribution < -0.4 is 5.32 Å². The van der Waals surface area contributed by atoms with Gasteiger partial charge in [-0.3, -0.25) is 4.90 Å². The molecule has 1 aliphatic heterocycles. The molecule has 2 rings (SSSR count). The zero-order chi connectivity index (χ0) is 15.4. The van der Waals surface area contributed by atoms with Gasteiger partial charge in [-0.15, -0.1) is 0 Å². The van der Waals surface area contributed by atoms with E-state index in [0.717, 1.165) is 31.5 Å². The van der Waals surface area contributed by atoms with Crippen molar-refractivity contribution in [1.29, 1.82) is 0 Å². The molecule has 1 heterocycles. The van der Waals surface area contributed by atoms with Crippen LogP contribution in [0.5, 0.6) is 0 Å². The highest BCUT2D eigenvalue weighted by Gasteiger charge is 2.27. The Morgan fingerprint density at radius 2 is 2.05 bits per heavy atom. The molecule has 1 saturated heterocycles. The number of hydrogen-bond donors (Lipinski definition) is 1. The van der Waals surface area contributed by atoms with Crippen LogP contribution in [0, 0.1) is 17.6 Å². The maximum absolute atomic E-state index is 13.4. The van der Waals surface area contributed by atoms with Crippen molar-refractivity contribution in [2.75, 3.05) is 13.1 Å². The van der Waals surface area contributed by atoms with Crippen LogP contribution in [0.1, 0.15) is 39.2 Å². The summed E-state index contributed by atoms with van der Waals surface area (Å²) < 4.78 is 26.4. The summed E-state index contributed by atoms with van der Waals surface area (Å²) in [5.74, 6) is -0.901. The molecular formula is C17H26F2N2. The largest absolute Gasteiger partial charge is 0.311 e. The first kappa shape index (κ1) is 16.4. The summed E-state index contributed by atoms with van der Waals surface area (Å²) in [5, 5.41) is 3.58. The van der Waals surface area contributed by atoms with E-state index in [9.17, 15) is 8.78 Å². The second-order valence-corrected chi connectivity index (χ2v) is 6.47. The fourth-order valence-corrected chi connectivity index (χ4v) is 3.04. The van der Waals surface area contributed by atoms with Crippen molar-refractivity contribution in [2.24, 2.45) is 5.92 Å². The summed E-state index contributed by atoms with van der Waals surface area (Å²) >= 11 is 0. The lowest BCUT2D eigenvalue weighted by atomic mass is 9.97. The molecule has 0 aliphatic carbocycles. The van der Waals surface area contributed by atoms with Gasteiger partial charge in [-0.05, 0) is 36.5 Å². The molecule has 0 radical (unpaired) electrons. The topological polar surface area (TPSA) is 15.3 Å². The van der Waals surface area contributed by atoms with Crippen molar-refractivity contribution in [1.82, 2.24) is 10.2 Å². The Morgan fingerprint density at radius 1 is 1.29 bits per heavy atom. The summed E-state index contributed by atoms with van der Waals surface area (Å²) in [6.45, 7) is 9.25. The van der Waals surface area contributed by atoms with Crippen LogP contribution >= 0.6 is 0 Å². The average Bonchev–Trinajstić information content (AvgIpc) is 2.44. The molecule has 0 spiro atoms. The normalized spacial score (nSPS) is 23.7. The summed E-state index contributed by atoms with van der Waals surface area (Å²) in [6.07, 6.45) is 2.20. The van der Waals surface area contributed by atoms with E-state index in [0.29, 0.717) is 24.5 Å². The van der Waals surface area contributed by atoms with Crippen LogP contribution in [-0.4, -0.2) is 30.1 Å². The third-order valence-electron chi connectivity index (χ3n) is 4.22. The lowest BCUT2D eigenvalue weighted by Crippen LogP contribution is -2.56. The Hall–Kier alpha value is -1.00. The molecule has 1 aromatic carbocycles. The number of benzene rings is 1. The van der Waals surface area contributed by atoms with Gasteiger partial charge in [0, 0.05) is 31.7 Å². The molecular weight excluding hydrogens is 270 g/mol. The molecule has 21 heavy (non-hydrogen) atoms. The minimum absolute atomic E-state index is 0.459. The standard InChI is InChI=1S/C17H26F2N2/c1-4-14-11-21(15(9-20-14)7-12(2)3)10-13-5-6-16(18)17(19)8-13/h5-6,8,12,14-15,20H,4,7,9-11H2,1-3H3. The van der Waals surface area contributed by atoms with Crippen molar-refractivity contribution in [2.45, 2.75) is 52.2 Å². The number of piperazine rings is 1. The second kappa shape index (κ2) is 7.32. The van der Waals surface area contributed by atoms with Crippen molar-refractivity contribution in [3.63, 3.8) is 0 Å². The van der Waals surface area contributed by atoms with Gasteiger partial charge in [0.05, 0.1) is 0 Å². The smallest absolute Gasteiger partial charge is 0.159 e. The third kappa shape index (κ3) is 4.48. The minimum atomic E-state index is -0.774. The summed E-state index contributed by atoms with van der Waals surface area (Å²) in [4.78, 5) is 2.41. The van der Waals surface area contributed by atoms with E-state index < -0.39 is 11.6 Å². The van der Waals surface area contributed by atoms with Crippen LogP contribution in [0.15, 0.2) is 18.2 Å². The van der Waals surface area contributed by atoms with Crippen molar-refractivity contribution >= 4 is 0 Å². The minimum Gasteiger partial charge on any atom is -0.311 e. The molecule has 1 fully saturated rings. The summed E-state index contributed by atoms with van der Waals surface area (Å²) in [5.41, 5.74) is 0.847.